The topological polar surface area (TPSA) is 77.1 Å². The van der Waals surface area contributed by atoms with Crippen molar-refractivity contribution in [3.05, 3.63) is 96.4 Å². The molecule has 0 unspecified atom stereocenters. The van der Waals surface area contributed by atoms with E-state index in [2.05, 4.69) is 62.7 Å². The quantitative estimate of drug-likeness (QED) is 0.264. The van der Waals surface area contributed by atoms with Crippen LogP contribution in [0.3, 0.4) is 0 Å². The number of hydrogen-bond donors (Lipinski definition) is 2. The van der Waals surface area contributed by atoms with Crippen LogP contribution in [0.15, 0.2) is 94.9 Å². The molecule has 202 valence electrons. The van der Waals surface area contributed by atoms with Crippen LogP contribution < -0.4 is 10.2 Å². The summed E-state index contributed by atoms with van der Waals surface area (Å²) >= 11 is 1.59. The van der Waals surface area contributed by atoms with Gasteiger partial charge in [0.05, 0.1) is 11.9 Å². The van der Waals surface area contributed by atoms with E-state index in [0.717, 1.165) is 63.9 Å². The number of hydrogen-bond acceptors (Lipinski definition) is 6. The summed E-state index contributed by atoms with van der Waals surface area (Å²) in [5.41, 5.74) is 3.84. The summed E-state index contributed by atoms with van der Waals surface area (Å²) in [5.74, 6) is 0.365. The maximum atomic E-state index is 13.9. The van der Waals surface area contributed by atoms with Gasteiger partial charge in [0.1, 0.15) is 17.3 Å². The fraction of sp³-hybridized carbons (Fsp3) is 0.194. The average molecular weight is 553 g/mol. The highest BCUT2D eigenvalue weighted by atomic mass is 32.2. The van der Waals surface area contributed by atoms with E-state index in [1.54, 1.807) is 30.0 Å². The molecule has 1 amide bonds. The minimum absolute atomic E-state index is 0.0169. The number of aromatic nitrogens is 3. The molecule has 0 saturated carbocycles. The molecule has 9 heteroatoms. The second-order valence-electron chi connectivity index (χ2n) is 9.92. The Morgan fingerprint density at radius 3 is 2.60 bits per heavy atom. The number of nitrogens with zero attached hydrogens (tertiary/aromatic N) is 4. The molecule has 2 aromatic heterocycles. The SMILES string of the molecule is CN1CCN(c2ccc(-c3n[nH]c4cc(Sc5cccc(NC(=O)Cc6ccccc6F)c5)ccc34)cn2)CC1. The van der Waals surface area contributed by atoms with E-state index in [1.807, 2.05) is 30.5 Å². The number of benzene rings is 3. The van der Waals surface area contributed by atoms with E-state index >= 15 is 0 Å². The number of carbonyl (C=O) groups is 1. The second kappa shape index (κ2) is 11.5. The lowest BCUT2D eigenvalue weighted by Crippen LogP contribution is -2.44. The molecule has 40 heavy (non-hydrogen) atoms. The summed E-state index contributed by atoms with van der Waals surface area (Å²) in [6.45, 7) is 4.06. The van der Waals surface area contributed by atoms with Gasteiger partial charge in [-0.2, -0.15) is 5.10 Å². The Bertz CT molecular complexity index is 1650. The minimum Gasteiger partial charge on any atom is -0.354 e. The first-order valence-electron chi connectivity index (χ1n) is 13.2. The molecular weight excluding hydrogens is 523 g/mol. The molecule has 1 fully saturated rings. The molecule has 7 nitrogen and oxygen atoms in total. The molecule has 0 spiro atoms. The summed E-state index contributed by atoms with van der Waals surface area (Å²) in [5, 5.41) is 11.7. The number of anilines is 2. The molecule has 1 aliphatic heterocycles. The number of pyridine rings is 1. The normalized spacial score (nSPS) is 14.0. The lowest BCUT2D eigenvalue weighted by Gasteiger charge is -2.33. The van der Waals surface area contributed by atoms with Crippen LogP contribution in [0.1, 0.15) is 5.56 Å². The van der Waals surface area contributed by atoms with Crippen LogP contribution in [-0.4, -0.2) is 59.2 Å². The van der Waals surface area contributed by atoms with Gasteiger partial charge in [-0.3, -0.25) is 9.89 Å². The zero-order valence-corrected chi connectivity index (χ0v) is 22.9. The zero-order valence-electron chi connectivity index (χ0n) is 22.1. The molecule has 6 rings (SSSR count). The molecular formula is C31H29FN6OS. The van der Waals surface area contributed by atoms with Gasteiger partial charge in [0, 0.05) is 58.8 Å². The zero-order chi connectivity index (χ0) is 27.5. The number of carbonyl (C=O) groups excluding carboxylic acids is 1. The van der Waals surface area contributed by atoms with Crippen LogP contribution in [0.4, 0.5) is 15.9 Å². The Labute approximate surface area is 236 Å². The predicted molar refractivity (Wildman–Crippen MR) is 158 cm³/mol. The molecule has 1 saturated heterocycles. The number of halogens is 1. The van der Waals surface area contributed by atoms with Crippen LogP contribution >= 0.6 is 11.8 Å². The molecule has 2 N–H and O–H groups in total. The van der Waals surface area contributed by atoms with Crippen molar-refractivity contribution in [1.29, 1.82) is 0 Å². The van der Waals surface area contributed by atoms with Gasteiger partial charge in [-0.05, 0) is 67.2 Å². The Balaban J connectivity index is 1.13. The number of nitrogens with one attached hydrogen (secondary N) is 2. The molecule has 0 aliphatic carbocycles. The maximum absolute atomic E-state index is 13.9. The lowest BCUT2D eigenvalue weighted by molar-refractivity contribution is -0.115. The fourth-order valence-electron chi connectivity index (χ4n) is 4.82. The van der Waals surface area contributed by atoms with Gasteiger partial charge in [-0.1, -0.05) is 36.0 Å². The third-order valence-corrected chi connectivity index (χ3v) is 8.02. The van der Waals surface area contributed by atoms with Crippen molar-refractivity contribution in [1.82, 2.24) is 20.1 Å². The van der Waals surface area contributed by atoms with Gasteiger partial charge in [-0.25, -0.2) is 9.37 Å². The fourth-order valence-corrected chi connectivity index (χ4v) is 5.74. The second-order valence-corrected chi connectivity index (χ2v) is 11.1. The summed E-state index contributed by atoms with van der Waals surface area (Å²) in [7, 11) is 2.15. The molecule has 0 bridgehead atoms. The minimum atomic E-state index is -0.377. The van der Waals surface area contributed by atoms with E-state index in [9.17, 15) is 9.18 Å². The standard InChI is InChI=1S/C31H29FN6OS/c1-37-13-15-38(16-14-37)29-12-9-22(20-33-29)31-26-11-10-25(19-28(26)35-36-31)40-24-7-4-6-23(18-24)34-30(39)17-21-5-2-3-8-27(21)32/h2-12,18-20H,13-17H2,1H3,(H,34,39)(H,35,36). The van der Waals surface area contributed by atoms with E-state index in [4.69, 9.17) is 4.98 Å². The van der Waals surface area contributed by atoms with Crippen molar-refractivity contribution in [3.8, 4) is 11.3 Å². The van der Waals surface area contributed by atoms with Crippen LogP contribution in [0, 0.1) is 5.82 Å². The number of rotatable bonds is 7. The van der Waals surface area contributed by atoms with Crippen LogP contribution in [0.25, 0.3) is 22.2 Å². The van der Waals surface area contributed by atoms with E-state index in [0.29, 0.717) is 11.3 Å². The van der Waals surface area contributed by atoms with Crippen molar-refractivity contribution < 1.29 is 9.18 Å². The van der Waals surface area contributed by atoms with E-state index < -0.39 is 0 Å². The number of amides is 1. The van der Waals surface area contributed by atoms with Crippen molar-refractivity contribution in [3.63, 3.8) is 0 Å². The Morgan fingerprint density at radius 2 is 1.80 bits per heavy atom. The first-order valence-corrected chi connectivity index (χ1v) is 14.0. The monoisotopic (exact) mass is 552 g/mol. The molecule has 0 radical (unpaired) electrons. The average Bonchev–Trinajstić information content (AvgIpc) is 3.38. The smallest absolute Gasteiger partial charge is 0.228 e. The summed E-state index contributed by atoms with van der Waals surface area (Å²) in [4.78, 5) is 23.9. The number of piperazine rings is 1. The lowest BCUT2D eigenvalue weighted by atomic mass is 10.1. The predicted octanol–water partition coefficient (Wildman–Crippen LogP) is 5.85. The van der Waals surface area contributed by atoms with Gasteiger partial charge in [0.15, 0.2) is 0 Å². The Hall–Kier alpha value is -4.21. The van der Waals surface area contributed by atoms with Gasteiger partial charge >= 0.3 is 0 Å². The Kier molecular flexibility index (Phi) is 7.48. The third kappa shape index (κ3) is 5.85. The van der Waals surface area contributed by atoms with Gasteiger partial charge < -0.3 is 15.1 Å². The highest BCUT2D eigenvalue weighted by molar-refractivity contribution is 7.99. The van der Waals surface area contributed by atoms with Crippen LogP contribution in [0.2, 0.25) is 0 Å². The number of fused-ring (bicyclic) bond motifs is 1. The largest absolute Gasteiger partial charge is 0.354 e. The van der Waals surface area contributed by atoms with Crippen LogP contribution in [-0.2, 0) is 11.2 Å². The maximum Gasteiger partial charge on any atom is 0.228 e. The number of aromatic amines is 1. The Morgan fingerprint density at radius 1 is 0.975 bits per heavy atom. The van der Waals surface area contributed by atoms with Crippen LogP contribution in [0.5, 0.6) is 0 Å². The first-order chi connectivity index (χ1) is 19.5. The first kappa shape index (κ1) is 26.0. The van der Waals surface area contributed by atoms with E-state index in [-0.39, 0.29) is 18.1 Å². The van der Waals surface area contributed by atoms with Crippen molar-refractivity contribution in [2.75, 3.05) is 43.4 Å². The third-order valence-electron chi connectivity index (χ3n) is 7.05. The molecule has 1 aliphatic rings. The molecule has 0 atom stereocenters. The number of H-pyrrole nitrogens is 1. The van der Waals surface area contributed by atoms with Gasteiger partial charge in [0.2, 0.25) is 5.91 Å². The highest BCUT2D eigenvalue weighted by Gasteiger charge is 2.16. The van der Waals surface area contributed by atoms with Gasteiger partial charge in [-0.15, -0.1) is 0 Å². The molecule has 5 aromatic rings. The van der Waals surface area contributed by atoms with Crippen molar-refractivity contribution in [2.24, 2.45) is 0 Å². The van der Waals surface area contributed by atoms with Gasteiger partial charge in [0.25, 0.3) is 0 Å². The van der Waals surface area contributed by atoms with Crippen molar-refractivity contribution in [2.45, 2.75) is 16.2 Å². The molecule has 3 heterocycles. The van der Waals surface area contributed by atoms with Crippen molar-refractivity contribution >= 4 is 40.1 Å². The summed E-state index contributed by atoms with van der Waals surface area (Å²) < 4.78 is 13.9. The highest BCUT2D eigenvalue weighted by Crippen LogP contribution is 2.34. The van der Waals surface area contributed by atoms with E-state index in [1.165, 1.54) is 6.07 Å². The summed E-state index contributed by atoms with van der Waals surface area (Å²) in [6.07, 6.45) is 1.88. The summed E-state index contributed by atoms with van der Waals surface area (Å²) in [6, 6.07) is 24.3. The number of likely N-dealkylation sites (N-methyl/N-ethyl adjacent to an activating group) is 1. The molecule has 3 aromatic carbocycles.